The van der Waals surface area contributed by atoms with Crippen LogP contribution in [0.4, 0.5) is 6.01 Å². The van der Waals surface area contributed by atoms with Crippen molar-refractivity contribution in [2.45, 2.75) is 26.3 Å². The second-order valence-electron chi connectivity index (χ2n) is 4.31. The molecule has 1 aliphatic carbocycles. The third-order valence-electron chi connectivity index (χ3n) is 3.04. The lowest BCUT2D eigenvalue weighted by atomic mass is 10.3. The second-order valence-corrected chi connectivity index (χ2v) is 4.31. The summed E-state index contributed by atoms with van der Waals surface area (Å²) in [6.45, 7) is 5.19. The largest absolute Gasteiger partial charge is 0.406 e. The maximum atomic E-state index is 5.45. The lowest BCUT2D eigenvalue weighted by molar-refractivity contribution is 0.440. The summed E-state index contributed by atoms with van der Waals surface area (Å²) < 4.78 is 5.45. The summed E-state index contributed by atoms with van der Waals surface area (Å²) in [4.78, 5) is 0. The maximum Gasteiger partial charge on any atom is 0.315 e. The van der Waals surface area contributed by atoms with Gasteiger partial charge in [-0.2, -0.15) is 0 Å². The third kappa shape index (κ3) is 2.47. The van der Waals surface area contributed by atoms with Gasteiger partial charge in [-0.1, -0.05) is 12.0 Å². The molecule has 3 unspecified atom stereocenters. The molecule has 1 aliphatic rings. The van der Waals surface area contributed by atoms with Crippen molar-refractivity contribution in [1.82, 2.24) is 15.5 Å². The van der Waals surface area contributed by atoms with Crippen molar-refractivity contribution in [3.05, 3.63) is 5.89 Å². The van der Waals surface area contributed by atoms with Crippen LogP contribution in [0, 0.1) is 11.8 Å². The van der Waals surface area contributed by atoms with E-state index in [1.807, 2.05) is 14.0 Å². The van der Waals surface area contributed by atoms with Crippen LogP contribution < -0.4 is 10.6 Å². The van der Waals surface area contributed by atoms with Gasteiger partial charge in [-0.25, -0.2) is 0 Å². The first-order valence-electron chi connectivity index (χ1n) is 5.45. The summed E-state index contributed by atoms with van der Waals surface area (Å²) in [6, 6.07) is 0.638. The Morgan fingerprint density at radius 3 is 2.87 bits per heavy atom. The maximum absolute atomic E-state index is 5.45. The molecule has 0 bridgehead atoms. The molecule has 1 heterocycles. The molecule has 84 valence electrons. The second kappa shape index (κ2) is 4.18. The molecule has 2 rings (SSSR count). The Morgan fingerprint density at radius 2 is 2.27 bits per heavy atom. The molecule has 0 radical (unpaired) electrons. The Kier molecular flexibility index (Phi) is 2.90. The van der Waals surface area contributed by atoms with E-state index < -0.39 is 0 Å². The van der Waals surface area contributed by atoms with Gasteiger partial charge >= 0.3 is 6.01 Å². The molecule has 15 heavy (non-hydrogen) atoms. The van der Waals surface area contributed by atoms with E-state index in [1.54, 1.807) is 0 Å². The van der Waals surface area contributed by atoms with Gasteiger partial charge in [0.1, 0.15) is 0 Å². The lowest BCUT2D eigenvalue weighted by Gasteiger charge is -2.02. The van der Waals surface area contributed by atoms with Gasteiger partial charge < -0.3 is 15.1 Å². The minimum atomic E-state index is 0.105. The van der Waals surface area contributed by atoms with Gasteiger partial charge in [-0.3, -0.25) is 0 Å². The van der Waals surface area contributed by atoms with E-state index in [9.17, 15) is 0 Å². The third-order valence-corrected chi connectivity index (χ3v) is 3.04. The van der Waals surface area contributed by atoms with Crippen molar-refractivity contribution in [3.8, 4) is 0 Å². The van der Waals surface area contributed by atoms with Crippen molar-refractivity contribution >= 4 is 6.01 Å². The summed E-state index contributed by atoms with van der Waals surface area (Å²) in [7, 11) is 1.87. The minimum Gasteiger partial charge on any atom is -0.406 e. The van der Waals surface area contributed by atoms with Crippen molar-refractivity contribution in [1.29, 1.82) is 0 Å². The van der Waals surface area contributed by atoms with Crippen LogP contribution in [-0.2, 0) is 0 Å². The summed E-state index contributed by atoms with van der Waals surface area (Å²) in [5, 5.41) is 14.1. The highest BCUT2D eigenvalue weighted by atomic mass is 16.4. The van der Waals surface area contributed by atoms with Crippen LogP contribution >= 0.6 is 0 Å². The molecule has 3 atom stereocenters. The van der Waals surface area contributed by atoms with Gasteiger partial charge in [0.2, 0.25) is 5.89 Å². The van der Waals surface area contributed by atoms with Crippen molar-refractivity contribution < 1.29 is 4.42 Å². The van der Waals surface area contributed by atoms with E-state index >= 15 is 0 Å². The first-order valence-corrected chi connectivity index (χ1v) is 5.45. The predicted octanol–water partition coefficient (Wildman–Crippen LogP) is 1.42. The molecule has 1 aromatic rings. The van der Waals surface area contributed by atoms with Crippen molar-refractivity contribution in [2.75, 3.05) is 18.9 Å². The van der Waals surface area contributed by atoms with Gasteiger partial charge in [-0.05, 0) is 32.2 Å². The van der Waals surface area contributed by atoms with Gasteiger partial charge in [0.15, 0.2) is 0 Å². The standard InChI is InChI=1S/C10H18N4O/c1-6-4-8(6)5-12-10-14-13-9(15-10)7(2)11-3/h6-8,11H,4-5H2,1-3H3,(H,12,14). The van der Waals surface area contributed by atoms with E-state index in [4.69, 9.17) is 4.42 Å². The number of nitrogens with zero attached hydrogens (tertiary/aromatic N) is 2. The molecule has 0 aliphatic heterocycles. The normalized spacial score (nSPS) is 26.3. The first kappa shape index (κ1) is 10.4. The van der Waals surface area contributed by atoms with Crippen molar-refractivity contribution in [3.63, 3.8) is 0 Å². The summed E-state index contributed by atoms with van der Waals surface area (Å²) in [6.07, 6.45) is 1.31. The zero-order valence-corrected chi connectivity index (χ0v) is 9.45. The summed E-state index contributed by atoms with van der Waals surface area (Å²) >= 11 is 0. The van der Waals surface area contributed by atoms with Gasteiger partial charge in [-0.15, -0.1) is 5.10 Å². The molecule has 5 heteroatoms. The average Bonchev–Trinajstić information content (AvgIpc) is 2.77. The van der Waals surface area contributed by atoms with Crippen molar-refractivity contribution in [2.24, 2.45) is 11.8 Å². The Morgan fingerprint density at radius 1 is 1.53 bits per heavy atom. The minimum absolute atomic E-state index is 0.105. The van der Waals surface area contributed by atoms with Crippen LogP contribution in [0.2, 0.25) is 0 Å². The number of hydrogen-bond acceptors (Lipinski definition) is 5. The number of nitrogens with one attached hydrogen (secondary N) is 2. The Balaban J connectivity index is 1.84. The van der Waals surface area contributed by atoms with Gasteiger partial charge in [0.25, 0.3) is 0 Å². The molecule has 0 aromatic carbocycles. The fraction of sp³-hybridized carbons (Fsp3) is 0.800. The molecule has 2 N–H and O–H groups in total. The van der Waals surface area contributed by atoms with Crippen LogP contribution in [0.1, 0.15) is 32.2 Å². The smallest absolute Gasteiger partial charge is 0.315 e. The van der Waals surface area contributed by atoms with E-state index in [0.29, 0.717) is 11.9 Å². The molecule has 1 fully saturated rings. The Hall–Kier alpha value is -1.10. The van der Waals surface area contributed by atoms with Crippen LogP contribution in [0.25, 0.3) is 0 Å². The molecule has 0 amide bonds. The van der Waals surface area contributed by atoms with Crippen LogP contribution in [0.3, 0.4) is 0 Å². The zero-order chi connectivity index (χ0) is 10.8. The molecule has 1 aromatic heterocycles. The SMILES string of the molecule is CNC(C)c1nnc(NCC2CC2C)o1. The van der Waals surface area contributed by atoms with Gasteiger partial charge in [0, 0.05) is 6.54 Å². The van der Waals surface area contributed by atoms with E-state index in [-0.39, 0.29) is 6.04 Å². The van der Waals surface area contributed by atoms with E-state index in [2.05, 4.69) is 27.8 Å². The van der Waals surface area contributed by atoms with Crippen LogP contribution in [0.5, 0.6) is 0 Å². The molecule has 0 spiro atoms. The molecule has 0 saturated heterocycles. The van der Waals surface area contributed by atoms with Crippen LogP contribution in [-0.4, -0.2) is 23.8 Å². The lowest BCUT2D eigenvalue weighted by Crippen LogP contribution is -2.12. The quantitative estimate of drug-likeness (QED) is 0.769. The molecule has 1 saturated carbocycles. The number of hydrogen-bond donors (Lipinski definition) is 2. The number of aromatic nitrogens is 2. The fourth-order valence-electron chi connectivity index (χ4n) is 1.51. The molecule has 5 nitrogen and oxygen atoms in total. The topological polar surface area (TPSA) is 63.0 Å². The zero-order valence-electron chi connectivity index (χ0n) is 9.45. The van der Waals surface area contributed by atoms with E-state index in [1.165, 1.54) is 6.42 Å². The monoisotopic (exact) mass is 210 g/mol. The fourth-order valence-corrected chi connectivity index (χ4v) is 1.51. The first-order chi connectivity index (χ1) is 7.20. The van der Waals surface area contributed by atoms with Gasteiger partial charge in [0.05, 0.1) is 6.04 Å². The highest BCUT2D eigenvalue weighted by molar-refractivity contribution is 5.18. The van der Waals surface area contributed by atoms with E-state index in [0.717, 1.165) is 18.4 Å². The van der Waals surface area contributed by atoms with Crippen LogP contribution in [0.15, 0.2) is 4.42 Å². The summed E-state index contributed by atoms with van der Waals surface area (Å²) in [5.74, 6) is 2.25. The molecular weight excluding hydrogens is 192 g/mol. The Labute approximate surface area is 89.6 Å². The Bertz CT molecular complexity index is 325. The predicted molar refractivity (Wildman–Crippen MR) is 57.5 cm³/mol. The molecular formula is C10H18N4O. The number of rotatable bonds is 5. The summed E-state index contributed by atoms with van der Waals surface area (Å²) in [5.41, 5.74) is 0. The highest BCUT2D eigenvalue weighted by Gasteiger charge is 2.32. The average molecular weight is 210 g/mol. The number of anilines is 1. The highest BCUT2D eigenvalue weighted by Crippen LogP contribution is 2.37.